The van der Waals surface area contributed by atoms with Crippen molar-refractivity contribution in [2.45, 2.75) is 13.0 Å². The fraction of sp³-hybridized carbons (Fsp3) is 0.130. The first kappa shape index (κ1) is 20.9. The smallest absolute Gasteiger partial charge is 0.265 e. The van der Waals surface area contributed by atoms with Crippen LogP contribution in [0.15, 0.2) is 72.8 Å². The average molecular weight is 408 g/mol. The van der Waals surface area contributed by atoms with Crippen LogP contribution < -0.4 is 20.1 Å². The number of hydrogen-bond donors (Lipinski definition) is 2. The molecule has 6 nitrogen and oxygen atoms in total. The summed E-state index contributed by atoms with van der Waals surface area (Å²) in [5, 5.41) is 5.44. The van der Waals surface area contributed by atoms with Crippen molar-refractivity contribution in [3.05, 3.63) is 84.2 Å². The predicted molar refractivity (Wildman–Crippen MR) is 113 cm³/mol. The van der Waals surface area contributed by atoms with Crippen LogP contribution in [0.1, 0.15) is 17.3 Å². The molecule has 7 heteroatoms. The largest absolute Gasteiger partial charge is 0.495 e. The number of para-hydroxylation sites is 2. The van der Waals surface area contributed by atoms with Crippen molar-refractivity contribution < 1.29 is 23.5 Å². The van der Waals surface area contributed by atoms with Crippen molar-refractivity contribution in [3.8, 4) is 11.5 Å². The predicted octanol–water partition coefficient (Wildman–Crippen LogP) is 4.49. The van der Waals surface area contributed by atoms with E-state index < -0.39 is 6.10 Å². The molecule has 3 rings (SSSR count). The first-order chi connectivity index (χ1) is 14.5. The maximum absolute atomic E-state index is 12.9. The minimum atomic E-state index is -0.789. The summed E-state index contributed by atoms with van der Waals surface area (Å²) in [5.74, 6) is -0.0581. The first-order valence-corrected chi connectivity index (χ1v) is 9.24. The minimum Gasteiger partial charge on any atom is -0.495 e. The van der Waals surface area contributed by atoms with E-state index in [2.05, 4.69) is 10.6 Å². The van der Waals surface area contributed by atoms with Gasteiger partial charge >= 0.3 is 0 Å². The summed E-state index contributed by atoms with van der Waals surface area (Å²) in [6, 6.07) is 19.0. The Bertz CT molecular complexity index is 1020. The molecule has 0 spiro atoms. The van der Waals surface area contributed by atoms with E-state index in [4.69, 9.17) is 9.47 Å². The Hall–Kier alpha value is -3.87. The van der Waals surface area contributed by atoms with Gasteiger partial charge in [0.1, 0.15) is 17.3 Å². The van der Waals surface area contributed by atoms with E-state index >= 15 is 0 Å². The van der Waals surface area contributed by atoms with Crippen LogP contribution >= 0.6 is 0 Å². The number of anilines is 2. The van der Waals surface area contributed by atoms with Crippen LogP contribution in [0.5, 0.6) is 11.5 Å². The topological polar surface area (TPSA) is 76.7 Å². The van der Waals surface area contributed by atoms with Crippen LogP contribution in [0.2, 0.25) is 0 Å². The Labute approximate surface area is 173 Å². The molecule has 3 aromatic rings. The van der Waals surface area contributed by atoms with E-state index in [-0.39, 0.29) is 17.6 Å². The van der Waals surface area contributed by atoms with Gasteiger partial charge in [0.2, 0.25) is 0 Å². The first-order valence-electron chi connectivity index (χ1n) is 9.24. The third-order valence-electron chi connectivity index (χ3n) is 4.27. The molecular formula is C23H21FN2O4. The normalized spacial score (nSPS) is 11.3. The number of carbonyl (C=O) groups excluding carboxylic acids is 2. The Morgan fingerprint density at radius 1 is 0.900 bits per heavy atom. The van der Waals surface area contributed by atoms with Crippen LogP contribution in [0.3, 0.4) is 0 Å². The summed E-state index contributed by atoms with van der Waals surface area (Å²) in [6.07, 6.45) is -0.789. The summed E-state index contributed by atoms with van der Waals surface area (Å²) in [6.45, 7) is 1.60. The number of carbonyl (C=O) groups is 2. The van der Waals surface area contributed by atoms with Crippen molar-refractivity contribution in [2.75, 3.05) is 17.7 Å². The number of amides is 2. The molecular weight excluding hydrogens is 387 g/mol. The molecule has 0 fully saturated rings. The van der Waals surface area contributed by atoms with Gasteiger partial charge in [0, 0.05) is 11.3 Å². The summed E-state index contributed by atoms with van der Waals surface area (Å²) in [5.41, 5.74) is 1.47. The van der Waals surface area contributed by atoms with Gasteiger partial charge in [-0.3, -0.25) is 9.59 Å². The Morgan fingerprint density at radius 3 is 2.23 bits per heavy atom. The van der Waals surface area contributed by atoms with Crippen molar-refractivity contribution in [1.29, 1.82) is 0 Å². The highest BCUT2D eigenvalue weighted by molar-refractivity contribution is 6.05. The summed E-state index contributed by atoms with van der Waals surface area (Å²) in [4.78, 5) is 24.7. The van der Waals surface area contributed by atoms with Gasteiger partial charge in [-0.1, -0.05) is 12.1 Å². The number of halogens is 1. The monoisotopic (exact) mass is 408 g/mol. The molecule has 0 aliphatic carbocycles. The second kappa shape index (κ2) is 9.56. The number of rotatable bonds is 7. The summed E-state index contributed by atoms with van der Waals surface area (Å²) >= 11 is 0. The van der Waals surface area contributed by atoms with E-state index in [9.17, 15) is 14.0 Å². The molecule has 1 atom stereocenters. The van der Waals surface area contributed by atoms with Crippen molar-refractivity contribution in [3.63, 3.8) is 0 Å². The van der Waals surface area contributed by atoms with E-state index in [1.807, 2.05) is 6.07 Å². The highest BCUT2D eigenvalue weighted by Crippen LogP contribution is 2.24. The van der Waals surface area contributed by atoms with Crippen LogP contribution in [0.4, 0.5) is 15.8 Å². The molecule has 0 aliphatic rings. The molecule has 3 aromatic carbocycles. The third-order valence-corrected chi connectivity index (χ3v) is 4.27. The molecule has 0 heterocycles. The van der Waals surface area contributed by atoms with Crippen molar-refractivity contribution >= 4 is 23.2 Å². The van der Waals surface area contributed by atoms with Gasteiger partial charge in [-0.15, -0.1) is 0 Å². The van der Waals surface area contributed by atoms with E-state index in [1.54, 1.807) is 49.4 Å². The SMILES string of the molecule is COc1ccccc1NC(=O)c1ccc(OC(C)C(=O)Nc2ccc(F)cc2)cc1. The second-order valence-corrected chi connectivity index (χ2v) is 6.44. The van der Waals surface area contributed by atoms with Crippen LogP contribution in [-0.4, -0.2) is 25.0 Å². The maximum Gasteiger partial charge on any atom is 0.265 e. The third kappa shape index (κ3) is 5.35. The summed E-state index contributed by atoms with van der Waals surface area (Å²) in [7, 11) is 1.53. The van der Waals surface area contributed by atoms with Crippen LogP contribution in [-0.2, 0) is 4.79 Å². The molecule has 30 heavy (non-hydrogen) atoms. The quantitative estimate of drug-likeness (QED) is 0.604. The minimum absolute atomic E-state index is 0.298. The fourth-order valence-electron chi connectivity index (χ4n) is 2.66. The van der Waals surface area contributed by atoms with Gasteiger partial charge in [0.05, 0.1) is 12.8 Å². The number of benzene rings is 3. The lowest BCUT2D eigenvalue weighted by Crippen LogP contribution is -2.30. The average Bonchev–Trinajstić information content (AvgIpc) is 2.76. The molecule has 0 aliphatic heterocycles. The fourth-order valence-corrected chi connectivity index (χ4v) is 2.66. The maximum atomic E-state index is 12.9. The highest BCUT2D eigenvalue weighted by Gasteiger charge is 2.16. The lowest BCUT2D eigenvalue weighted by molar-refractivity contribution is -0.122. The van der Waals surface area contributed by atoms with Gasteiger partial charge in [-0.05, 0) is 67.6 Å². The van der Waals surface area contributed by atoms with Gasteiger partial charge in [-0.2, -0.15) is 0 Å². The molecule has 154 valence electrons. The second-order valence-electron chi connectivity index (χ2n) is 6.44. The Kier molecular flexibility index (Phi) is 6.64. The number of hydrogen-bond acceptors (Lipinski definition) is 4. The lowest BCUT2D eigenvalue weighted by atomic mass is 10.2. The number of nitrogens with one attached hydrogen (secondary N) is 2. The molecule has 1 unspecified atom stereocenters. The van der Waals surface area contributed by atoms with Gasteiger partial charge in [0.25, 0.3) is 11.8 Å². The number of methoxy groups -OCH3 is 1. The molecule has 0 radical (unpaired) electrons. The molecule has 2 amide bonds. The van der Waals surface area contributed by atoms with E-state index in [1.165, 1.54) is 31.4 Å². The molecule has 0 saturated heterocycles. The van der Waals surface area contributed by atoms with Gasteiger partial charge < -0.3 is 20.1 Å². The summed E-state index contributed by atoms with van der Waals surface area (Å²) < 4.78 is 23.8. The highest BCUT2D eigenvalue weighted by atomic mass is 19.1. The molecule has 0 bridgehead atoms. The van der Waals surface area contributed by atoms with Gasteiger partial charge in [-0.25, -0.2) is 4.39 Å². The Balaban J connectivity index is 1.58. The Morgan fingerprint density at radius 2 is 1.57 bits per heavy atom. The van der Waals surface area contributed by atoms with Crippen molar-refractivity contribution in [2.24, 2.45) is 0 Å². The van der Waals surface area contributed by atoms with Crippen molar-refractivity contribution in [1.82, 2.24) is 0 Å². The molecule has 0 saturated carbocycles. The van der Waals surface area contributed by atoms with E-state index in [0.29, 0.717) is 28.4 Å². The van der Waals surface area contributed by atoms with Crippen LogP contribution in [0.25, 0.3) is 0 Å². The molecule has 2 N–H and O–H groups in total. The van der Waals surface area contributed by atoms with Gasteiger partial charge in [0.15, 0.2) is 6.10 Å². The van der Waals surface area contributed by atoms with E-state index in [0.717, 1.165) is 0 Å². The van der Waals surface area contributed by atoms with Crippen LogP contribution in [0, 0.1) is 5.82 Å². The zero-order valence-electron chi connectivity index (χ0n) is 16.5. The standard InChI is InChI=1S/C23H21FN2O4/c1-15(22(27)25-18-11-9-17(24)10-12-18)30-19-13-7-16(8-14-19)23(28)26-20-5-3-4-6-21(20)29-2/h3-15H,1-2H3,(H,25,27)(H,26,28). The molecule has 0 aromatic heterocycles. The number of ether oxygens (including phenoxy) is 2. The zero-order chi connectivity index (χ0) is 21.5. The lowest BCUT2D eigenvalue weighted by Gasteiger charge is -2.15. The zero-order valence-corrected chi connectivity index (χ0v) is 16.5.